The van der Waals surface area contributed by atoms with Crippen molar-refractivity contribution in [1.29, 1.82) is 0 Å². The van der Waals surface area contributed by atoms with Crippen LogP contribution < -0.4 is 5.32 Å². The molecule has 1 N–H and O–H groups in total. The van der Waals surface area contributed by atoms with Crippen LogP contribution in [0.2, 0.25) is 0 Å². The largest absolute Gasteiger partial charge is 0.347 e. The second-order valence-corrected chi connectivity index (χ2v) is 4.76. The van der Waals surface area contributed by atoms with Crippen molar-refractivity contribution in [3.05, 3.63) is 34.6 Å². The van der Waals surface area contributed by atoms with Crippen molar-refractivity contribution < 1.29 is 4.79 Å². The van der Waals surface area contributed by atoms with E-state index in [9.17, 15) is 4.79 Å². The zero-order valence-electron chi connectivity index (χ0n) is 9.96. The third kappa shape index (κ3) is 2.73. The molecule has 0 fully saturated rings. The molecule has 0 aliphatic carbocycles. The number of tetrazole rings is 1. The Morgan fingerprint density at radius 2 is 2.06 bits per heavy atom. The topological polar surface area (TPSA) is 72.7 Å². The van der Waals surface area contributed by atoms with Crippen LogP contribution in [0, 0.1) is 0 Å². The van der Waals surface area contributed by atoms with Gasteiger partial charge in [-0.05, 0) is 41.6 Å². The van der Waals surface area contributed by atoms with Crippen LogP contribution in [0.1, 0.15) is 25.7 Å². The molecule has 1 heterocycles. The highest BCUT2D eigenvalue weighted by Gasteiger charge is 2.16. The minimum atomic E-state index is -0.249. The fourth-order valence-electron chi connectivity index (χ4n) is 1.60. The number of carbonyl (C=O) groups excluding carboxylic acids is 1. The summed E-state index contributed by atoms with van der Waals surface area (Å²) in [6, 6.07) is 7.35. The maximum absolute atomic E-state index is 11.0. The van der Waals surface area contributed by atoms with Crippen LogP contribution in [0.4, 0.5) is 0 Å². The van der Waals surface area contributed by atoms with Gasteiger partial charge in [-0.1, -0.05) is 15.9 Å². The first-order valence-electron chi connectivity index (χ1n) is 5.39. The molecule has 94 valence electrons. The van der Waals surface area contributed by atoms with Gasteiger partial charge in [-0.25, -0.2) is 0 Å². The summed E-state index contributed by atoms with van der Waals surface area (Å²) < 4.78 is 2.59. The standard InChI is InChI=1S/C11H12BrN5O/c1-7(13-8(2)18)11-14-15-16-17(11)10-5-3-9(12)4-6-10/h3-7H,1-2H3,(H,13,18). The summed E-state index contributed by atoms with van der Waals surface area (Å²) in [5.74, 6) is 0.473. The molecule has 1 aromatic heterocycles. The third-order valence-corrected chi connectivity index (χ3v) is 2.90. The Morgan fingerprint density at radius 3 is 2.67 bits per heavy atom. The van der Waals surface area contributed by atoms with Crippen LogP contribution in [-0.2, 0) is 4.79 Å². The molecule has 1 unspecified atom stereocenters. The number of amides is 1. The third-order valence-electron chi connectivity index (χ3n) is 2.37. The first kappa shape index (κ1) is 12.7. The molecule has 1 amide bonds. The second kappa shape index (κ2) is 5.26. The molecule has 18 heavy (non-hydrogen) atoms. The lowest BCUT2D eigenvalue weighted by atomic mass is 10.3. The van der Waals surface area contributed by atoms with Gasteiger partial charge in [0.15, 0.2) is 5.82 Å². The molecule has 0 aliphatic heterocycles. The number of halogens is 1. The number of nitrogens with zero attached hydrogens (tertiary/aromatic N) is 4. The van der Waals surface area contributed by atoms with Crippen LogP contribution in [0.15, 0.2) is 28.7 Å². The van der Waals surface area contributed by atoms with Gasteiger partial charge < -0.3 is 5.32 Å². The lowest BCUT2D eigenvalue weighted by molar-refractivity contribution is -0.119. The van der Waals surface area contributed by atoms with Gasteiger partial charge in [-0.3, -0.25) is 4.79 Å². The van der Waals surface area contributed by atoms with Crippen LogP contribution in [0.25, 0.3) is 5.69 Å². The minimum Gasteiger partial charge on any atom is -0.347 e. The monoisotopic (exact) mass is 309 g/mol. The molecule has 0 radical (unpaired) electrons. The van der Waals surface area contributed by atoms with E-state index in [1.165, 1.54) is 6.92 Å². The number of hydrogen-bond acceptors (Lipinski definition) is 4. The van der Waals surface area contributed by atoms with Gasteiger partial charge in [-0.2, -0.15) is 4.68 Å². The number of benzene rings is 1. The molecular formula is C11H12BrN5O. The number of rotatable bonds is 3. The molecule has 1 atom stereocenters. The second-order valence-electron chi connectivity index (χ2n) is 3.85. The van der Waals surface area contributed by atoms with E-state index < -0.39 is 0 Å². The van der Waals surface area contributed by atoms with Crippen molar-refractivity contribution >= 4 is 21.8 Å². The van der Waals surface area contributed by atoms with Gasteiger partial charge in [0.05, 0.1) is 11.7 Å². The first-order chi connectivity index (χ1) is 8.58. The minimum absolute atomic E-state index is 0.118. The number of carbonyl (C=O) groups is 1. The van der Waals surface area contributed by atoms with E-state index in [1.807, 2.05) is 31.2 Å². The molecule has 2 rings (SSSR count). The van der Waals surface area contributed by atoms with Crippen LogP contribution in [-0.4, -0.2) is 26.1 Å². The lowest BCUT2D eigenvalue weighted by Crippen LogP contribution is -2.26. The maximum Gasteiger partial charge on any atom is 0.217 e. The zero-order chi connectivity index (χ0) is 13.1. The Morgan fingerprint density at radius 1 is 1.39 bits per heavy atom. The highest BCUT2D eigenvalue weighted by molar-refractivity contribution is 9.10. The van der Waals surface area contributed by atoms with Crippen molar-refractivity contribution in [3.8, 4) is 5.69 Å². The predicted octanol–water partition coefficient (Wildman–Crippen LogP) is 1.62. The number of nitrogens with one attached hydrogen (secondary N) is 1. The van der Waals surface area contributed by atoms with Crippen molar-refractivity contribution in [3.63, 3.8) is 0 Å². The van der Waals surface area contributed by atoms with Gasteiger partial charge in [0.25, 0.3) is 0 Å². The van der Waals surface area contributed by atoms with E-state index in [4.69, 9.17) is 0 Å². The molecule has 1 aromatic carbocycles. The van der Waals surface area contributed by atoms with E-state index >= 15 is 0 Å². The highest BCUT2D eigenvalue weighted by Crippen LogP contribution is 2.16. The Labute approximate surface area is 113 Å². The zero-order valence-corrected chi connectivity index (χ0v) is 11.5. The molecule has 0 aliphatic rings. The van der Waals surface area contributed by atoms with Gasteiger partial charge >= 0.3 is 0 Å². The molecule has 2 aromatic rings. The number of hydrogen-bond donors (Lipinski definition) is 1. The molecule has 0 bridgehead atoms. The molecule has 0 saturated carbocycles. The van der Waals surface area contributed by atoms with Crippen LogP contribution in [0.3, 0.4) is 0 Å². The van der Waals surface area contributed by atoms with Gasteiger partial charge in [0.1, 0.15) is 0 Å². The summed E-state index contributed by atoms with van der Waals surface area (Å²) >= 11 is 3.37. The van der Waals surface area contributed by atoms with Crippen molar-refractivity contribution in [2.45, 2.75) is 19.9 Å². The summed E-state index contributed by atoms with van der Waals surface area (Å²) in [5, 5.41) is 14.3. The summed E-state index contributed by atoms with van der Waals surface area (Å²) in [5.41, 5.74) is 0.843. The van der Waals surface area contributed by atoms with E-state index in [2.05, 4.69) is 36.8 Å². The van der Waals surface area contributed by atoms with Crippen molar-refractivity contribution in [1.82, 2.24) is 25.5 Å². The lowest BCUT2D eigenvalue weighted by Gasteiger charge is -2.12. The summed E-state index contributed by atoms with van der Waals surface area (Å²) in [7, 11) is 0. The predicted molar refractivity (Wildman–Crippen MR) is 69.1 cm³/mol. The van der Waals surface area contributed by atoms with Crippen molar-refractivity contribution in [2.24, 2.45) is 0 Å². The molecule has 0 saturated heterocycles. The maximum atomic E-state index is 11.0. The summed E-state index contributed by atoms with van der Waals surface area (Å²) in [4.78, 5) is 11.0. The van der Waals surface area contributed by atoms with Crippen LogP contribution >= 0.6 is 15.9 Å². The SMILES string of the molecule is CC(=O)NC(C)c1nnnn1-c1ccc(Br)cc1. The molecule has 6 nitrogen and oxygen atoms in total. The number of aromatic nitrogens is 4. The van der Waals surface area contributed by atoms with E-state index in [-0.39, 0.29) is 11.9 Å². The van der Waals surface area contributed by atoms with E-state index in [1.54, 1.807) is 4.68 Å². The molecular weight excluding hydrogens is 298 g/mol. The van der Waals surface area contributed by atoms with Gasteiger partial charge in [0.2, 0.25) is 5.91 Å². The Balaban J connectivity index is 2.32. The molecule has 7 heteroatoms. The average molecular weight is 310 g/mol. The Kier molecular flexibility index (Phi) is 3.71. The van der Waals surface area contributed by atoms with Crippen molar-refractivity contribution in [2.75, 3.05) is 0 Å². The van der Waals surface area contributed by atoms with E-state index in [0.29, 0.717) is 5.82 Å². The fourth-order valence-corrected chi connectivity index (χ4v) is 1.86. The van der Waals surface area contributed by atoms with E-state index in [0.717, 1.165) is 10.2 Å². The summed E-state index contributed by atoms with van der Waals surface area (Å²) in [6.07, 6.45) is 0. The highest BCUT2D eigenvalue weighted by atomic mass is 79.9. The first-order valence-corrected chi connectivity index (χ1v) is 6.18. The molecule has 0 spiro atoms. The summed E-state index contributed by atoms with van der Waals surface area (Å²) in [6.45, 7) is 3.30. The average Bonchev–Trinajstić information content (AvgIpc) is 2.78. The normalized spacial score (nSPS) is 12.2. The van der Waals surface area contributed by atoms with Gasteiger partial charge in [-0.15, -0.1) is 5.10 Å². The smallest absolute Gasteiger partial charge is 0.217 e. The Bertz CT molecular complexity index is 551. The Hall–Kier alpha value is -1.76. The van der Waals surface area contributed by atoms with Gasteiger partial charge in [0, 0.05) is 11.4 Å². The quantitative estimate of drug-likeness (QED) is 0.935. The fraction of sp³-hybridized carbons (Fsp3) is 0.273. The van der Waals surface area contributed by atoms with Crippen LogP contribution in [0.5, 0.6) is 0 Å².